The number of pyridine rings is 1. The van der Waals surface area contributed by atoms with Crippen LogP contribution in [0.3, 0.4) is 0 Å². The molecule has 1 aromatic carbocycles. The van der Waals surface area contributed by atoms with Gasteiger partial charge in [0.2, 0.25) is 5.88 Å². The van der Waals surface area contributed by atoms with Gasteiger partial charge in [0, 0.05) is 17.5 Å². The second kappa shape index (κ2) is 8.67. The van der Waals surface area contributed by atoms with Gasteiger partial charge < -0.3 is 14.6 Å². The summed E-state index contributed by atoms with van der Waals surface area (Å²) in [6, 6.07) is 12.8. The van der Waals surface area contributed by atoms with E-state index in [1.165, 1.54) is 0 Å². The SMILES string of the molecule is COc1ccc(-n2nc(C(=O)C(C)C)cc2-c2ccc(OCCO)cc2)cn1. The number of carbonyl (C=O) groups is 1. The highest BCUT2D eigenvalue weighted by Gasteiger charge is 2.19. The Kier molecular flexibility index (Phi) is 6.06. The van der Waals surface area contributed by atoms with Gasteiger partial charge in [-0.05, 0) is 36.4 Å². The number of aromatic nitrogens is 3. The maximum atomic E-state index is 12.5. The van der Waals surface area contributed by atoms with Crippen LogP contribution in [0.15, 0.2) is 48.7 Å². The Morgan fingerprint density at radius 3 is 2.50 bits per heavy atom. The van der Waals surface area contributed by atoms with Crippen molar-refractivity contribution in [2.45, 2.75) is 13.8 Å². The molecule has 2 aromatic heterocycles. The van der Waals surface area contributed by atoms with Crippen molar-refractivity contribution < 1.29 is 19.4 Å². The van der Waals surface area contributed by atoms with Gasteiger partial charge in [0.25, 0.3) is 0 Å². The number of ether oxygens (including phenoxy) is 2. The molecule has 0 bridgehead atoms. The van der Waals surface area contributed by atoms with Gasteiger partial charge in [-0.1, -0.05) is 13.8 Å². The summed E-state index contributed by atoms with van der Waals surface area (Å²) in [5.41, 5.74) is 2.77. The van der Waals surface area contributed by atoms with Gasteiger partial charge in [-0.25, -0.2) is 9.67 Å². The Morgan fingerprint density at radius 2 is 1.93 bits per heavy atom. The number of hydrogen-bond acceptors (Lipinski definition) is 6. The predicted octanol–water partition coefficient (Wildman–Crippen LogP) is 3.15. The Hall–Kier alpha value is -3.19. The van der Waals surface area contributed by atoms with E-state index in [-0.39, 0.29) is 24.9 Å². The molecule has 0 aliphatic carbocycles. The van der Waals surface area contributed by atoms with E-state index in [1.807, 2.05) is 44.2 Å². The van der Waals surface area contributed by atoms with Crippen molar-refractivity contribution in [3.63, 3.8) is 0 Å². The van der Waals surface area contributed by atoms with E-state index in [9.17, 15) is 4.79 Å². The van der Waals surface area contributed by atoms with Crippen molar-refractivity contribution in [1.29, 1.82) is 0 Å². The number of aliphatic hydroxyl groups excluding tert-OH is 1. The van der Waals surface area contributed by atoms with Gasteiger partial charge in [-0.15, -0.1) is 0 Å². The quantitative estimate of drug-likeness (QED) is 0.603. The average molecular weight is 381 g/mol. The number of Topliss-reactive ketones (excluding diaryl/α,β-unsaturated/α-hetero) is 1. The highest BCUT2D eigenvalue weighted by Crippen LogP contribution is 2.27. The fraction of sp³-hybridized carbons (Fsp3) is 0.286. The first-order chi connectivity index (χ1) is 13.5. The number of ketones is 1. The maximum Gasteiger partial charge on any atom is 0.213 e. The minimum atomic E-state index is -0.153. The molecule has 146 valence electrons. The standard InChI is InChI=1S/C21H23N3O4/c1-14(2)21(26)18-12-19(15-4-7-17(8-5-15)28-11-10-25)24(23-18)16-6-9-20(27-3)22-13-16/h4-9,12-14,25H,10-11H2,1-3H3. The molecule has 7 nitrogen and oxygen atoms in total. The normalized spacial score (nSPS) is 10.9. The molecule has 2 heterocycles. The smallest absolute Gasteiger partial charge is 0.213 e. The fourth-order valence-corrected chi connectivity index (χ4v) is 2.70. The monoisotopic (exact) mass is 381 g/mol. The molecule has 7 heteroatoms. The van der Waals surface area contributed by atoms with Gasteiger partial charge in [0.1, 0.15) is 18.1 Å². The zero-order valence-corrected chi connectivity index (χ0v) is 16.1. The first-order valence-corrected chi connectivity index (χ1v) is 9.02. The second-order valence-corrected chi connectivity index (χ2v) is 6.50. The first kappa shape index (κ1) is 19.6. The van der Waals surface area contributed by atoms with Crippen molar-refractivity contribution in [2.75, 3.05) is 20.3 Å². The van der Waals surface area contributed by atoms with E-state index in [0.717, 1.165) is 16.9 Å². The lowest BCUT2D eigenvalue weighted by Gasteiger charge is -2.09. The summed E-state index contributed by atoms with van der Waals surface area (Å²) in [4.78, 5) is 16.7. The van der Waals surface area contributed by atoms with Crippen molar-refractivity contribution >= 4 is 5.78 Å². The minimum Gasteiger partial charge on any atom is -0.491 e. The van der Waals surface area contributed by atoms with Gasteiger partial charge in [0.05, 0.1) is 31.3 Å². The van der Waals surface area contributed by atoms with Crippen LogP contribution in [0.5, 0.6) is 11.6 Å². The van der Waals surface area contributed by atoms with Crippen LogP contribution in [-0.4, -0.2) is 46.0 Å². The molecule has 3 aromatic rings. The summed E-state index contributed by atoms with van der Waals surface area (Å²) >= 11 is 0. The Bertz CT molecular complexity index is 931. The average Bonchev–Trinajstić information content (AvgIpc) is 3.17. The van der Waals surface area contributed by atoms with Crippen LogP contribution >= 0.6 is 0 Å². The minimum absolute atomic E-state index is 0.0237. The fourth-order valence-electron chi connectivity index (χ4n) is 2.70. The van der Waals surface area contributed by atoms with Gasteiger partial charge >= 0.3 is 0 Å². The van der Waals surface area contributed by atoms with Gasteiger partial charge in [0.15, 0.2) is 5.78 Å². The third-order valence-corrected chi connectivity index (χ3v) is 4.17. The molecule has 0 fully saturated rings. The highest BCUT2D eigenvalue weighted by atomic mass is 16.5. The molecule has 0 spiro atoms. The lowest BCUT2D eigenvalue weighted by atomic mass is 10.1. The Labute approximate surface area is 163 Å². The number of nitrogens with zero attached hydrogens (tertiary/aromatic N) is 3. The largest absolute Gasteiger partial charge is 0.491 e. The van der Waals surface area contributed by atoms with E-state index in [1.54, 1.807) is 30.1 Å². The van der Waals surface area contributed by atoms with E-state index in [2.05, 4.69) is 10.1 Å². The molecule has 28 heavy (non-hydrogen) atoms. The van der Waals surface area contributed by atoms with E-state index in [0.29, 0.717) is 17.3 Å². The van der Waals surface area contributed by atoms with Gasteiger partial charge in [-0.2, -0.15) is 5.10 Å². The Balaban J connectivity index is 2.03. The summed E-state index contributed by atoms with van der Waals surface area (Å²) in [6.45, 7) is 3.90. The molecule has 0 aliphatic heterocycles. The highest BCUT2D eigenvalue weighted by molar-refractivity contribution is 5.96. The van der Waals surface area contributed by atoms with Crippen LogP contribution in [0.25, 0.3) is 16.9 Å². The molecule has 0 atom stereocenters. The number of aliphatic hydroxyl groups is 1. The summed E-state index contributed by atoms with van der Waals surface area (Å²) in [5.74, 6) is 0.985. The molecular formula is C21H23N3O4. The van der Waals surface area contributed by atoms with Crippen LogP contribution in [0.1, 0.15) is 24.3 Å². The van der Waals surface area contributed by atoms with Crippen molar-refractivity contribution in [1.82, 2.24) is 14.8 Å². The van der Waals surface area contributed by atoms with Crippen LogP contribution in [0.4, 0.5) is 0 Å². The molecular weight excluding hydrogens is 358 g/mol. The number of benzene rings is 1. The second-order valence-electron chi connectivity index (χ2n) is 6.50. The zero-order valence-electron chi connectivity index (χ0n) is 16.1. The summed E-state index contributed by atoms with van der Waals surface area (Å²) in [6.07, 6.45) is 1.65. The molecule has 0 aliphatic rings. The zero-order chi connectivity index (χ0) is 20.1. The van der Waals surface area contributed by atoms with Crippen molar-refractivity contribution in [2.24, 2.45) is 5.92 Å². The topological polar surface area (TPSA) is 86.5 Å². The number of methoxy groups -OCH3 is 1. The van der Waals surface area contributed by atoms with E-state index < -0.39 is 0 Å². The molecule has 0 saturated heterocycles. The molecule has 0 amide bonds. The predicted molar refractivity (Wildman–Crippen MR) is 105 cm³/mol. The van der Waals surface area contributed by atoms with Crippen molar-refractivity contribution in [3.05, 3.63) is 54.4 Å². The lowest BCUT2D eigenvalue weighted by Crippen LogP contribution is -2.09. The third-order valence-electron chi connectivity index (χ3n) is 4.17. The van der Waals surface area contributed by atoms with Crippen molar-refractivity contribution in [3.8, 4) is 28.6 Å². The summed E-state index contributed by atoms with van der Waals surface area (Å²) < 4.78 is 12.2. The summed E-state index contributed by atoms with van der Waals surface area (Å²) in [5, 5.41) is 13.4. The van der Waals surface area contributed by atoms with Crippen LogP contribution in [0.2, 0.25) is 0 Å². The maximum absolute atomic E-state index is 12.5. The van der Waals surface area contributed by atoms with Crippen LogP contribution < -0.4 is 9.47 Å². The van der Waals surface area contributed by atoms with Crippen LogP contribution in [-0.2, 0) is 0 Å². The van der Waals surface area contributed by atoms with Crippen LogP contribution in [0, 0.1) is 5.92 Å². The third kappa shape index (κ3) is 4.20. The number of rotatable bonds is 8. The lowest BCUT2D eigenvalue weighted by molar-refractivity contribution is 0.0934. The molecule has 0 saturated carbocycles. The number of carbonyl (C=O) groups excluding carboxylic acids is 1. The molecule has 1 N–H and O–H groups in total. The van der Waals surface area contributed by atoms with E-state index >= 15 is 0 Å². The number of hydrogen-bond donors (Lipinski definition) is 1. The summed E-state index contributed by atoms with van der Waals surface area (Å²) in [7, 11) is 1.56. The molecule has 0 unspecified atom stereocenters. The molecule has 0 radical (unpaired) electrons. The van der Waals surface area contributed by atoms with E-state index in [4.69, 9.17) is 14.6 Å². The Morgan fingerprint density at radius 1 is 1.18 bits per heavy atom. The molecule has 3 rings (SSSR count). The van der Waals surface area contributed by atoms with Gasteiger partial charge in [-0.3, -0.25) is 4.79 Å². The first-order valence-electron chi connectivity index (χ1n) is 9.02.